The van der Waals surface area contributed by atoms with Crippen molar-refractivity contribution in [1.82, 2.24) is 5.32 Å². The van der Waals surface area contributed by atoms with Crippen LogP contribution in [0.25, 0.3) is 0 Å². The number of nitrogens with one attached hydrogen (secondary N) is 1. The Morgan fingerprint density at radius 1 is 1.32 bits per heavy atom. The van der Waals surface area contributed by atoms with Gasteiger partial charge in [0.2, 0.25) is 5.91 Å². The van der Waals surface area contributed by atoms with E-state index in [1.165, 1.54) is 18.4 Å². The summed E-state index contributed by atoms with van der Waals surface area (Å²) >= 11 is 1.83. The van der Waals surface area contributed by atoms with Crippen LogP contribution in [0.4, 0.5) is 5.69 Å². The molecule has 2 aliphatic heterocycles. The molecule has 0 spiro atoms. The van der Waals surface area contributed by atoms with Crippen molar-refractivity contribution in [1.29, 1.82) is 0 Å². The van der Waals surface area contributed by atoms with Crippen molar-refractivity contribution in [3.63, 3.8) is 0 Å². The van der Waals surface area contributed by atoms with Crippen LogP contribution in [-0.2, 0) is 11.3 Å². The summed E-state index contributed by atoms with van der Waals surface area (Å²) in [7, 11) is 0. The van der Waals surface area contributed by atoms with Gasteiger partial charge >= 0.3 is 0 Å². The Morgan fingerprint density at radius 2 is 2.21 bits per heavy atom. The Labute approximate surface area is 118 Å². The zero-order valence-electron chi connectivity index (χ0n) is 11.1. The Balaban J connectivity index is 1.84. The highest BCUT2D eigenvalue weighted by Crippen LogP contribution is 2.30. The Morgan fingerprint density at radius 3 is 3.05 bits per heavy atom. The number of rotatable bonds is 1. The highest BCUT2D eigenvalue weighted by atomic mass is 32.2. The van der Waals surface area contributed by atoms with E-state index in [-0.39, 0.29) is 5.25 Å². The second kappa shape index (κ2) is 5.97. The van der Waals surface area contributed by atoms with Crippen LogP contribution in [0.5, 0.6) is 0 Å². The maximum absolute atomic E-state index is 12.7. The van der Waals surface area contributed by atoms with Crippen molar-refractivity contribution in [3.05, 3.63) is 29.8 Å². The van der Waals surface area contributed by atoms with Gasteiger partial charge in [0.15, 0.2) is 0 Å². The molecule has 2 heterocycles. The molecular weight excluding hydrogens is 256 g/mol. The Bertz CT molecular complexity index is 457. The molecule has 19 heavy (non-hydrogen) atoms. The smallest absolute Gasteiger partial charge is 0.240 e. The van der Waals surface area contributed by atoms with Gasteiger partial charge in [0.1, 0.15) is 0 Å². The molecule has 0 aliphatic carbocycles. The van der Waals surface area contributed by atoms with Gasteiger partial charge in [-0.05, 0) is 30.2 Å². The van der Waals surface area contributed by atoms with E-state index in [0.29, 0.717) is 5.91 Å². The molecule has 102 valence electrons. The summed E-state index contributed by atoms with van der Waals surface area (Å²) in [6.45, 7) is 2.52. The number of hydrogen-bond acceptors (Lipinski definition) is 3. The summed E-state index contributed by atoms with van der Waals surface area (Å²) < 4.78 is 0. The number of benzene rings is 1. The molecule has 1 fully saturated rings. The molecule has 1 N–H and O–H groups in total. The molecule has 3 nitrogen and oxygen atoms in total. The van der Waals surface area contributed by atoms with Crippen LogP contribution in [-0.4, -0.2) is 30.0 Å². The first-order valence-corrected chi connectivity index (χ1v) is 8.13. The molecular formula is C15H20N2OS. The third kappa shape index (κ3) is 2.79. The van der Waals surface area contributed by atoms with E-state index in [0.717, 1.165) is 37.5 Å². The molecule has 2 aliphatic rings. The van der Waals surface area contributed by atoms with E-state index in [1.54, 1.807) is 0 Å². The number of carbonyl (C=O) groups is 1. The van der Waals surface area contributed by atoms with Gasteiger partial charge in [-0.2, -0.15) is 0 Å². The van der Waals surface area contributed by atoms with Crippen molar-refractivity contribution in [3.8, 4) is 0 Å². The van der Waals surface area contributed by atoms with E-state index in [9.17, 15) is 4.79 Å². The van der Waals surface area contributed by atoms with Gasteiger partial charge in [-0.3, -0.25) is 4.79 Å². The van der Waals surface area contributed by atoms with Crippen molar-refractivity contribution in [2.24, 2.45) is 0 Å². The number of nitrogens with zero attached hydrogens (tertiary/aromatic N) is 1. The molecule has 0 bridgehead atoms. The molecule has 3 rings (SSSR count). The van der Waals surface area contributed by atoms with E-state index in [4.69, 9.17) is 0 Å². The van der Waals surface area contributed by atoms with Crippen molar-refractivity contribution < 1.29 is 4.79 Å². The Hall–Kier alpha value is -1.00. The van der Waals surface area contributed by atoms with Crippen LogP contribution in [0.2, 0.25) is 0 Å². The van der Waals surface area contributed by atoms with Gasteiger partial charge in [-0.1, -0.05) is 24.6 Å². The van der Waals surface area contributed by atoms with Crippen LogP contribution in [0.15, 0.2) is 24.3 Å². The summed E-state index contributed by atoms with van der Waals surface area (Å²) in [4.78, 5) is 14.7. The van der Waals surface area contributed by atoms with Gasteiger partial charge < -0.3 is 10.2 Å². The van der Waals surface area contributed by atoms with Crippen LogP contribution in [0.3, 0.4) is 0 Å². The number of para-hydroxylation sites is 1. The minimum Gasteiger partial charge on any atom is -0.311 e. The number of anilines is 1. The van der Waals surface area contributed by atoms with Crippen molar-refractivity contribution >= 4 is 23.4 Å². The highest BCUT2D eigenvalue weighted by Gasteiger charge is 2.29. The number of hydrogen-bond donors (Lipinski definition) is 1. The van der Waals surface area contributed by atoms with E-state index >= 15 is 0 Å². The summed E-state index contributed by atoms with van der Waals surface area (Å²) in [5.74, 6) is 1.44. The quantitative estimate of drug-likeness (QED) is 0.855. The van der Waals surface area contributed by atoms with Gasteiger partial charge in [0.25, 0.3) is 0 Å². The zero-order valence-corrected chi connectivity index (χ0v) is 11.9. The second-order valence-electron chi connectivity index (χ2n) is 5.15. The molecule has 1 amide bonds. The monoisotopic (exact) mass is 276 g/mol. The SMILES string of the molecule is O=C(C1CCCCS1)N1CCNCc2ccccc21. The van der Waals surface area contributed by atoms with Crippen LogP contribution in [0, 0.1) is 0 Å². The van der Waals surface area contributed by atoms with Gasteiger partial charge in [0.05, 0.1) is 5.25 Å². The fourth-order valence-corrected chi connectivity index (χ4v) is 4.05. The van der Waals surface area contributed by atoms with E-state index < -0.39 is 0 Å². The van der Waals surface area contributed by atoms with Crippen LogP contribution >= 0.6 is 11.8 Å². The van der Waals surface area contributed by atoms with E-state index in [1.807, 2.05) is 28.8 Å². The molecule has 0 saturated carbocycles. The molecule has 1 aromatic carbocycles. The molecule has 0 radical (unpaired) electrons. The fourth-order valence-electron chi connectivity index (χ4n) is 2.80. The molecule has 0 aromatic heterocycles. The third-order valence-electron chi connectivity index (χ3n) is 3.83. The topological polar surface area (TPSA) is 32.3 Å². The molecule has 1 unspecified atom stereocenters. The average molecular weight is 276 g/mol. The first-order chi connectivity index (χ1) is 9.36. The predicted octanol–water partition coefficient (Wildman–Crippen LogP) is 2.41. The van der Waals surface area contributed by atoms with Crippen molar-refractivity contribution in [2.45, 2.75) is 31.1 Å². The minimum absolute atomic E-state index is 0.167. The first-order valence-electron chi connectivity index (χ1n) is 7.08. The fraction of sp³-hybridized carbons (Fsp3) is 0.533. The van der Waals surface area contributed by atoms with Crippen LogP contribution in [0.1, 0.15) is 24.8 Å². The number of amides is 1. The summed E-state index contributed by atoms with van der Waals surface area (Å²) in [5.41, 5.74) is 2.33. The number of carbonyl (C=O) groups excluding carboxylic acids is 1. The normalized spacial score (nSPS) is 23.6. The standard InChI is InChI=1S/C15H20N2OS/c18-15(14-7-3-4-10-19-14)17-9-8-16-11-12-5-1-2-6-13(12)17/h1-2,5-6,14,16H,3-4,7-11H2. The lowest BCUT2D eigenvalue weighted by Gasteiger charge is -2.29. The maximum atomic E-state index is 12.7. The number of thioether (sulfide) groups is 1. The first kappa shape index (κ1) is 13.0. The lowest BCUT2D eigenvalue weighted by atomic mass is 10.1. The Kier molecular flexibility index (Phi) is 4.09. The lowest BCUT2D eigenvalue weighted by molar-refractivity contribution is -0.118. The minimum atomic E-state index is 0.167. The average Bonchev–Trinajstić information content (AvgIpc) is 2.70. The van der Waals surface area contributed by atoms with Gasteiger partial charge in [0, 0.05) is 25.3 Å². The summed E-state index contributed by atoms with van der Waals surface area (Å²) in [6.07, 6.45) is 3.49. The lowest BCUT2D eigenvalue weighted by Crippen LogP contribution is -2.41. The molecule has 4 heteroatoms. The molecule has 1 saturated heterocycles. The van der Waals surface area contributed by atoms with Gasteiger partial charge in [-0.15, -0.1) is 11.8 Å². The second-order valence-corrected chi connectivity index (χ2v) is 6.46. The summed E-state index contributed by atoms with van der Waals surface area (Å²) in [6, 6.07) is 8.26. The largest absolute Gasteiger partial charge is 0.311 e. The maximum Gasteiger partial charge on any atom is 0.240 e. The number of fused-ring (bicyclic) bond motifs is 1. The van der Waals surface area contributed by atoms with E-state index in [2.05, 4.69) is 17.4 Å². The molecule has 1 atom stereocenters. The zero-order chi connectivity index (χ0) is 13.1. The van der Waals surface area contributed by atoms with Crippen molar-refractivity contribution in [2.75, 3.05) is 23.7 Å². The van der Waals surface area contributed by atoms with Crippen LogP contribution < -0.4 is 10.2 Å². The predicted molar refractivity (Wildman–Crippen MR) is 80.6 cm³/mol. The third-order valence-corrected chi connectivity index (χ3v) is 5.20. The highest BCUT2D eigenvalue weighted by molar-refractivity contribution is 8.00. The molecule has 1 aromatic rings. The summed E-state index contributed by atoms with van der Waals surface area (Å²) in [5, 5.41) is 3.56. The van der Waals surface area contributed by atoms with Gasteiger partial charge in [-0.25, -0.2) is 0 Å².